The highest BCUT2D eigenvalue weighted by molar-refractivity contribution is 7.99. The van der Waals surface area contributed by atoms with Crippen LogP contribution in [0.3, 0.4) is 0 Å². The van der Waals surface area contributed by atoms with Gasteiger partial charge in [0.1, 0.15) is 11.8 Å². The standard InChI is InChI=1S/C25H21ClN4O3S/c1-15-10-16(2)12-18(11-15)24-27-28-25(33-24)34-14-23(31)30-21(22-4-3-9-32-22)13-20(29-30)17-5-7-19(26)8-6-17/h3-12,21H,13-14H2,1-2H3. The highest BCUT2D eigenvalue weighted by Gasteiger charge is 2.35. The maximum Gasteiger partial charge on any atom is 0.277 e. The first-order valence-corrected chi connectivity index (χ1v) is 12.1. The molecule has 34 heavy (non-hydrogen) atoms. The molecule has 1 aliphatic heterocycles. The smallest absolute Gasteiger partial charge is 0.277 e. The second-order valence-corrected chi connectivity index (χ2v) is 9.43. The number of hydrazone groups is 1. The van der Waals surface area contributed by atoms with Crippen LogP contribution in [0.1, 0.15) is 34.9 Å². The molecule has 0 bridgehead atoms. The number of carbonyl (C=O) groups is 1. The van der Waals surface area contributed by atoms with Gasteiger partial charge in [-0.1, -0.05) is 52.7 Å². The Morgan fingerprint density at radius 2 is 1.85 bits per heavy atom. The van der Waals surface area contributed by atoms with Gasteiger partial charge >= 0.3 is 0 Å². The van der Waals surface area contributed by atoms with Crippen LogP contribution in [0.4, 0.5) is 0 Å². The van der Waals surface area contributed by atoms with Gasteiger partial charge < -0.3 is 8.83 Å². The van der Waals surface area contributed by atoms with E-state index in [4.69, 9.17) is 20.4 Å². The number of rotatable bonds is 6. The molecule has 0 saturated carbocycles. The van der Waals surface area contributed by atoms with Crippen molar-refractivity contribution < 1.29 is 13.6 Å². The van der Waals surface area contributed by atoms with Gasteiger partial charge in [0.2, 0.25) is 5.89 Å². The van der Waals surface area contributed by atoms with Crippen LogP contribution in [0.2, 0.25) is 5.02 Å². The molecule has 2 aromatic heterocycles. The lowest BCUT2D eigenvalue weighted by atomic mass is 10.0. The van der Waals surface area contributed by atoms with Gasteiger partial charge in [-0.3, -0.25) is 4.79 Å². The maximum atomic E-state index is 13.2. The van der Waals surface area contributed by atoms with E-state index in [-0.39, 0.29) is 17.7 Å². The van der Waals surface area contributed by atoms with Crippen molar-refractivity contribution in [1.29, 1.82) is 0 Å². The van der Waals surface area contributed by atoms with Crippen molar-refractivity contribution >= 4 is 35.0 Å². The molecule has 0 N–H and O–H groups in total. The molecule has 1 unspecified atom stereocenters. The molecule has 5 rings (SSSR count). The third kappa shape index (κ3) is 4.78. The van der Waals surface area contributed by atoms with Crippen LogP contribution < -0.4 is 0 Å². The van der Waals surface area contributed by atoms with Crippen molar-refractivity contribution in [2.75, 3.05) is 5.75 Å². The van der Waals surface area contributed by atoms with Crippen LogP contribution in [0.15, 0.2) is 80.0 Å². The van der Waals surface area contributed by atoms with Gasteiger partial charge in [0, 0.05) is 17.0 Å². The predicted molar refractivity (Wildman–Crippen MR) is 131 cm³/mol. The summed E-state index contributed by atoms with van der Waals surface area (Å²) >= 11 is 7.21. The summed E-state index contributed by atoms with van der Waals surface area (Å²) in [5.41, 5.74) is 4.80. The van der Waals surface area contributed by atoms with E-state index >= 15 is 0 Å². The quantitative estimate of drug-likeness (QED) is 0.304. The molecule has 0 fully saturated rings. The molecule has 3 heterocycles. The molecule has 0 aliphatic carbocycles. The number of nitrogens with zero attached hydrogens (tertiary/aromatic N) is 4. The first-order valence-electron chi connectivity index (χ1n) is 10.7. The van der Waals surface area contributed by atoms with Crippen molar-refractivity contribution in [3.8, 4) is 11.5 Å². The van der Waals surface area contributed by atoms with Crippen molar-refractivity contribution in [2.45, 2.75) is 31.5 Å². The minimum atomic E-state index is -0.317. The Balaban J connectivity index is 1.32. The summed E-state index contributed by atoms with van der Waals surface area (Å²) in [5.74, 6) is 1.03. The molecule has 4 aromatic rings. The summed E-state index contributed by atoms with van der Waals surface area (Å²) in [5, 5.41) is 15.3. The number of hydrogen-bond acceptors (Lipinski definition) is 7. The molecule has 1 amide bonds. The second-order valence-electron chi connectivity index (χ2n) is 8.07. The molecule has 0 saturated heterocycles. The second kappa shape index (κ2) is 9.48. The Labute approximate surface area is 205 Å². The number of benzene rings is 2. The van der Waals surface area contributed by atoms with Crippen molar-refractivity contribution in [1.82, 2.24) is 15.2 Å². The van der Waals surface area contributed by atoms with E-state index in [1.807, 2.05) is 56.3 Å². The van der Waals surface area contributed by atoms with Crippen LogP contribution >= 0.6 is 23.4 Å². The summed E-state index contributed by atoms with van der Waals surface area (Å²) in [4.78, 5) is 13.2. The fourth-order valence-electron chi connectivity index (χ4n) is 3.93. The third-order valence-electron chi connectivity index (χ3n) is 5.41. The first kappa shape index (κ1) is 22.4. The van der Waals surface area contributed by atoms with Gasteiger partial charge in [-0.15, -0.1) is 10.2 Å². The fraction of sp³-hybridized carbons (Fsp3) is 0.200. The van der Waals surface area contributed by atoms with Crippen LogP contribution in [0.5, 0.6) is 0 Å². The predicted octanol–water partition coefficient (Wildman–Crippen LogP) is 6.07. The van der Waals surface area contributed by atoms with Crippen molar-refractivity contribution in [2.24, 2.45) is 5.10 Å². The van der Waals surface area contributed by atoms with Gasteiger partial charge in [-0.2, -0.15) is 5.10 Å². The van der Waals surface area contributed by atoms with E-state index in [9.17, 15) is 4.79 Å². The maximum absolute atomic E-state index is 13.2. The zero-order chi connectivity index (χ0) is 23.7. The summed E-state index contributed by atoms with van der Waals surface area (Å²) in [6.45, 7) is 4.04. The molecule has 1 atom stereocenters. The molecular formula is C25H21ClN4O3S. The molecule has 0 spiro atoms. The fourth-order valence-corrected chi connectivity index (χ4v) is 4.67. The number of aromatic nitrogens is 2. The SMILES string of the molecule is Cc1cc(C)cc(-c2nnc(SCC(=O)N3N=C(c4ccc(Cl)cc4)CC3c3ccco3)o2)c1. The van der Waals surface area contributed by atoms with E-state index in [0.29, 0.717) is 28.3 Å². The molecule has 7 nitrogen and oxygen atoms in total. The van der Waals surface area contributed by atoms with Gasteiger partial charge in [0.25, 0.3) is 11.1 Å². The van der Waals surface area contributed by atoms with Crippen molar-refractivity contribution in [3.63, 3.8) is 0 Å². The number of carbonyl (C=O) groups excluding carboxylic acids is 1. The lowest BCUT2D eigenvalue weighted by Crippen LogP contribution is -2.28. The minimum absolute atomic E-state index is 0.100. The van der Waals surface area contributed by atoms with Crippen LogP contribution in [0.25, 0.3) is 11.5 Å². The Kier molecular flexibility index (Phi) is 6.26. The number of hydrogen-bond donors (Lipinski definition) is 0. The summed E-state index contributed by atoms with van der Waals surface area (Å²) in [6, 6.07) is 16.8. The van der Waals surface area contributed by atoms with E-state index < -0.39 is 0 Å². The molecule has 9 heteroatoms. The summed E-state index contributed by atoms with van der Waals surface area (Å²) in [6.07, 6.45) is 2.14. The van der Waals surface area contributed by atoms with E-state index in [0.717, 1.165) is 28.0 Å². The monoisotopic (exact) mass is 492 g/mol. The number of thioether (sulfide) groups is 1. The lowest BCUT2D eigenvalue weighted by molar-refractivity contribution is -0.130. The van der Waals surface area contributed by atoms with E-state index in [2.05, 4.69) is 21.4 Å². The van der Waals surface area contributed by atoms with E-state index in [1.165, 1.54) is 16.8 Å². The van der Waals surface area contributed by atoms with Crippen LogP contribution in [0, 0.1) is 13.8 Å². The van der Waals surface area contributed by atoms with Gasteiger partial charge in [-0.05, 0) is 55.8 Å². The Hall–Kier alpha value is -3.36. The molecule has 0 radical (unpaired) electrons. The lowest BCUT2D eigenvalue weighted by Gasteiger charge is -2.19. The number of halogens is 1. The highest BCUT2D eigenvalue weighted by Crippen LogP contribution is 2.34. The number of amides is 1. The van der Waals surface area contributed by atoms with Crippen LogP contribution in [-0.2, 0) is 4.79 Å². The average Bonchev–Trinajstić information content (AvgIpc) is 3.58. The topological polar surface area (TPSA) is 84.7 Å². The zero-order valence-corrected chi connectivity index (χ0v) is 20.1. The zero-order valence-electron chi connectivity index (χ0n) is 18.6. The summed E-state index contributed by atoms with van der Waals surface area (Å²) < 4.78 is 11.4. The van der Waals surface area contributed by atoms with Gasteiger partial charge in [-0.25, -0.2) is 5.01 Å². The Morgan fingerprint density at radius 1 is 1.09 bits per heavy atom. The first-order chi connectivity index (χ1) is 16.5. The van der Waals surface area contributed by atoms with Crippen molar-refractivity contribution in [3.05, 3.63) is 88.3 Å². The average molecular weight is 493 g/mol. The Morgan fingerprint density at radius 3 is 2.56 bits per heavy atom. The normalized spacial score (nSPS) is 15.6. The molecule has 1 aliphatic rings. The molecule has 172 valence electrons. The Bertz CT molecular complexity index is 1330. The van der Waals surface area contributed by atoms with E-state index in [1.54, 1.807) is 12.3 Å². The third-order valence-corrected chi connectivity index (χ3v) is 6.46. The number of aryl methyl sites for hydroxylation is 2. The minimum Gasteiger partial charge on any atom is -0.467 e. The highest BCUT2D eigenvalue weighted by atomic mass is 35.5. The van der Waals surface area contributed by atoms with Gasteiger partial charge in [0.15, 0.2) is 0 Å². The molecule has 2 aromatic carbocycles. The number of furan rings is 1. The van der Waals surface area contributed by atoms with Gasteiger partial charge in [0.05, 0.1) is 17.7 Å². The van der Waals surface area contributed by atoms with Crippen LogP contribution in [-0.4, -0.2) is 32.6 Å². The largest absolute Gasteiger partial charge is 0.467 e. The summed E-state index contributed by atoms with van der Waals surface area (Å²) in [7, 11) is 0. The molecular weight excluding hydrogens is 472 g/mol.